The highest BCUT2D eigenvalue weighted by Crippen LogP contribution is 2.33. The van der Waals surface area contributed by atoms with Crippen molar-refractivity contribution < 1.29 is 0 Å². The van der Waals surface area contributed by atoms with Crippen LogP contribution >= 0.6 is 0 Å². The quantitative estimate of drug-likeness (QED) is 0.835. The molecule has 0 aromatic carbocycles. The third kappa shape index (κ3) is 2.91. The van der Waals surface area contributed by atoms with Crippen molar-refractivity contribution in [1.82, 2.24) is 20.1 Å². The van der Waals surface area contributed by atoms with Gasteiger partial charge in [0.1, 0.15) is 12.2 Å². The van der Waals surface area contributed by atoms with Crippen LogP contribution in [0.1, 0.15) is 70.3 Å². The van der Waals surface area contributed by atoms with E-state index >= 15 is 0 Å². The molecule has 0 bridgehead atoms. The van der Waals surface area contributed by atoms with E-state index in [1.54, 1.807) is 6.33 Å². The predicted octanol–water partition coefficient (Wildman–Crippen LogP) is 3.09. The van der Waals surface area contributed by atoms with Crippen LogP contribution in [0.5, 0.6) is 0 Å². The zero-order chi connectivity index (χ0) is 13.0. The van der Waals surface area contributed by atoms with Gasteiger partial charge in [-0.15, -0.1) is 0 Å². The molecule has 18 heavy (non-hydrogen) atoms. The first-order valence-electron chi connectivity index (χ1n) is 7.30. The molecule has 1 aliphatic rings. The van der Waals surface area contributed by atoms with Crippen LogP contribution in [0.2, 0.25) is 0 Å². The zero-order valence-electron chi connectivity index (χ0n) is 11.9. The summed E-state index contributed by atoms with van der Waals surface area (Å²) in [5, 5.41) is 7.84. The third-order valence-electron chi connectivity index (χ3n) is 4.05. The average Bonchev–Trinajstić information content (AvgIpc) is 2.67. The van der Waals surface area contributed by atoms with Crippen molar-refractivity contribution in [2.75, 3.05) is 7.05 Å². The first kappa shape index (κ1) is 13.5. The molecule has 2 rings (SSSR count). The number of hydrogen-bond donors (Lipinski definition) is 1. The number of nitrogens with zero attached hydrogens (tertiary/aromatic N) is 3. The zero-order valence-corrected chi connectivity index (χ0v) is 11.9. The lowest BCUT2D eigenvalue weighted by Gasteiger charge is -2.26. The highest BCUT2D eigenvalue weighted by molar-refractivity contribution is 4.98. The van der Waals surface area contributed by atoms with E-state index in [1.807, 2.05) is 0 Å². The highest BCUT2D eigenvalue weighted by atomic mass is 15.4. The fraction of sp³-hybridized carbons (Fsp3) is 0.857. The fourth-order valence-electron chi connectivity index (χ4n) is 3.10. The second kappa shape index (κ2) is 6.32. The van der Waals surface area contributed by atoms with E-state index < -0.39 is 0 Å². The minimum atomic E-state index is 0.355. The molecule has 102 valence electrons. The van der Waals surface area contributed by atoms with Gasteiger partial charge in [-0.05, 0) is 39.7 Å². The molecule has 0 saturated heterocycles. The maximum atomic E-state index is 4.50. The first-order valence-corrected chi connectivity index (χ1v) is 7.30. The van der Waals surface area contributed by atoms with Gasteiger partial charge in [-0.2, -0.15) is 5.10 Å². The Labute approximate surface area is 110 Å². The van der Waals surface area contributed by atoms with Gasteiger partial charge in [0.2, 0.25) is 0 Å². The molecule has 1 unspecified atom stereocenters. The van der Waals surface area contributed by atoms with Crippen molar-refractivity contribution in [1.29, 1.82) is 0 Å². The van der Waals surface area contributed by atoms with Crippen molar-refractivity contribution in [2.24, 2.45) is 5.92 Å². The van der Waals surface area contributed by atoms with Gasteiger partial charge in [-0.1, -0.05) is 25.7 Å². The Kier molecular flexibility index (Phi) is 4.75. The van der Waals surface area contributed by atoms with Gasteiger partial charge in [0.05, 0.1) is 6.04 Å². The number of nitrogens with one attached hydrogen (secondary N) is 1. The van der Waals surface area contributed by atoms with Gasteiger partial charge in [0, 0.05) is 6.04 Å². The standard InChI is InChI=1S/C14H26N4/c1-11(2)18-14(16-10-17-18)13(15-3)12-8-6-4-5-7-9-12/h10-13,15H,4-9H2,1-3H3. The SMILES string of the molecule is CNC(c1ncnn1C(C)C)C1CCCCCC1. The number of rotatable bonds is 4. The van der Waals surface area contributed by atoms with Crippen LogP contribution in [-0.4, -0.2) is 21.8 Å². The van der Waals surface area contributed by atoms with Crippen LogP contribution in [0.25, 0.3) is 0 Å². The molecular weight excluding hydrogens is 224 g/mol. The molecule has 1 N–H and O–H groups in total. The van der Waals surface area contributed by atoms with Crippen LogP contribution in [0.3, 0.4) is 0 Å². The molecule has 1 aromatic rings. The van der Waals surface area contributed by atoms with Crippen LogP contribution in [0.15, 0.2) is 6.33 Å². The summed E-state index contributed by atoms with van der Waals surface area (Å²) >= 11 is 0. The van der Waals surface area contributed by atoms with E-state index in [2.05, 4.69) is 41.0 Å². The first-order chi connectivity index (χ1) is 8.74. The predicted molar refractivity (Wildman–Crippen MR) is 73.4 cm³/mol. The summed E-state index contributed by atoms with van der Waals surface area (Å²) in [6.45, 7) is 4.33. The average molecular weight is 250 g/mol. The van der Waals surface area contributed by atoms with E-state index in [1.165, 1.54) is 38.5 Å². The lowest BCUT2D eigenvalue weighted by molar-refractivity contribution is 0.311. The Morgan fingerprint density at radius 3 is 2.44 bits per heavy atom. The molecule has 1 atom stereocenters. The molecule has 4 nitrogen and oxygen atoms in total. The fourth-order valence-corrected chi connectivity index (χ4v) is 3.10. The molecular formula is C14H26N4. The molecule has 1 aliphatic carbocycles. The highest BCUT2D eigenvalue weighted by Gasteiger charge is 2.27. The van der Waals surface area contributed by atoms with Crippen molar-refractivity contribution in [3.8, 4) is 0 Å². The van der Waals surface area contributed by atoms with Crippen molar-refractivity contribution in [3.63, 3.8) is 0 Å². The van der Waals surface area contributed by atoms with E-state index in [9.17, 15) is 0 Å². The van der Waals surface area contributed by atoms with Crippen molar-refractivity contribution >= 4 is 0 Å². The second-order valence-corrected chi connectivity index (χ2v) is 5.67. The Balaban J connectivity index is 2.18. The van der Waals surface area contributed by atoms with Gasteiger partial charge < -0.3 is 5.32 Å². The minimum absolute atomic E-state index is 0.355. The Morgan fingerprint density at radius 2 is 1.89 bits per heavy atom. The normalized spacial score (nSPS) is 20.0. The summed E-state index contributed by atoms with van der Waals surface area (Å²) in [6, 6.07) is 0.733. The lowest BCUT2D eigenvalue weighted by Crippen LogP contribution is -2.29. The minimum Gasteiger partial charge on any atom is -0.310 e. The molecule has 1 saturated carbocycles. The molecule has 4 heteroatoms. The summed E-state index contributed by atoms with van der Waals surface area (Å²) in [4.78, 5) is 4.50. The van der Waals surface area contributed by atoms with Gasteiger partial charge in [-0.25, -0.2) is 9.67 Å². The molecule has 1 fully saturated rings. The topological polar surface area (TPSA) is 42.7 Å². The number of hydrogen-bond acceptors (Lipinski definition) is 3. The molecule has 1 heterocycles. The van der Waals surface area contributed by atoms with E-state index in [0.29, 0.717) is 18.0 Å². The largest absolute Gasteiger partial charge is 0.310 e. The molecule has 0 amide bonds. The van der Waals surface area contributed by atoms with E-state index in [-0.39, 0.29) is 0 Å². The molecule has 0 radical (unpaired) electrons. The van der Waals surface area contributed by atoms with Gasteiger partial charge in [0.15, 0.2) is 0 Å². The maximum absolute atomic E-state index is 4.50. The molecule has 0 spiro atoms. The van der Waals surface area contributed by atoms with E-state index in [4.69, 9.17) is 0 Å². The smallest absolute Gasteiger partial charge is 0.144 e. The van der Waals surface area contributed by atoms with E-state index in [0.717, 1.165) is 5.82 Å². The molecule has 0 aliphatic heterocycles. The number of aromatic nitrogens is 3. The van der Waals surface area contributed by atoms with Gasteiger partial charge in [-0.3, -0.25) is 0 Å². The van der Waals surface area contributed by atoms with Crippen LogP contribution < -0.4 is 5.32 Å². The van der Waals surface area contributed by atoms with Crippen molar-refractivity contribution in [3.05, 3.63) is 12.2 Å². The van der Waals surface area contributed by atoms with Crippen molar-refractivity contribution in [2.45, 2.75) is 64.5 Å². The summed E-state index contributed by atoms with van der Waals surface area (Å²) < 4.78 is 2.06. The maximum Gasteiger partial charge on any atom is 0.144 e. The van der Waals surface area contributed by atoms with Crippen LogP contribution in [0, 0.1) is 5.92 Å². The van der Waals surface area contributed by atoms with Gasteiger partial charge >= 0.3 is 0 Å². The Hall–Kier alpha value is -0.900. The lowest BCUT2D eigenvalue weighted by atomic mass is 9.91. The second-order valence-electron chi connectivity index (χ2n) is 5.67. The van der Waals surface area contributed by atoms with Crippen LogP contribution in [-0.2, 0) is 0 Å². The Morgan fingerprint density at radius 1 is 1.22 bits per heavy atom. The third-order valence-corrected chi connectivity index (χ3v) is 4.05. The summed E-state index contributed by atoms with van der Waals surface area (Å²) in [6.07, 6.45) is 9.83. The summed E-state index contributed by atoms with van der Waals surface area (Å²) in [5.74, 6) is 1.82. The summed E-state index contributed by atoms with van der Waals surface area (Å²) in [7, 11) is 2.05. The monoisotopic (exact) mass is 250 g/mol. The Bertz CT molecular complexity index is 350. The van der Waals surface area contributed by atoms with Gasteiger partial charge in [0.25, 0.3) is 0 Å². The molecule has 1 aromatic heterocycles. The summed E-state index contributed by atoms with van der Waals surface area (Å²) in [5.41, 5.74) is 0. The van der Waals surface area contributed by atoms with Crippen LogP contribution in [0.4, 0.5) is 0 Å².